The second-order valence-corrected chi connectivity index (χ2v) is 8.91. The van der Waals surface area contributed by atoms with Crippen LogP contribution in [0.2, 0.25) is 0 Å². The Bertz CT molecular complexity index is 852. The molecule has 5 nitrogen and oxygen atoms in total. The quantitative estimate of drug-likeness (QED) is 0.896. The van der Waals surface area contributed by atoms with Gasteiger partial charge in [0.2, 0.25) is 10.0 Å². The van der Waals surface area contributed by atoms with E-state index in [-0.39, 0.29) is 12.1 Å². The Kier molecular flexibility index (Phi) is 4.84. The van der Waals surface area contributed by atoms with Gasteiger partial charge in [0.1, 0.15) is 0 Å². The molecular formula is C20H24N2O3S. The molecule has 26 heavy (non-hydrogen) atoms. The van der Waals surface area contributed by atoms with E-state index in [1.54, 1.807) is 12.1 Å². The molecular weight excluding hydrogens is 348 g/mol. The molecule has 0 unspecified atom stereocenters. The summed E-state index contributed by atoms with van der Waals surface area (Å²) in [5, 5.41) is 0. The maximum absolute atomic E-state index is 12.7. The highest BCUT2D eigenvalue weighted by molar-refractivity contribution is 7.89. The van der Waals surface area contributed by atoms with E-state index in [0.717, 1.165) is 30.6 Å². The first-order valence-corrected chi connectivity index (χ1v) is 10.5. The third kappa shape index (κ3) is 3.69. The fraction of sp³-hybridized carbons (Fsp3) is 0.400. The SMILES string of the molecule is C[C@H]1CN2C[C@@H](NS(=O)(=O)c3ccc(-c4ccccc4)cc3)C[C@H]2CO1. The second kappa shape index (κ2) is 7.12. The number of hydrogen-bond acceptors (Lipinski definition) is 4. The standard InChI is InChI=1S/C20H24N2O3S/c1-15-12-22-13-18(11-19(22)14-25-15)21-26(23,24)20-9-7-17(8-10-20)16-5-3-2-4-6-16/h2-10,15,18-19,21H,11-14H2,1H3/t15-,18-,19-/m0/s1. The summed E-state index contributed by atoms with van der Waals surface area (Å²) in [5.41, 5.74) is 2.08. The molecule has 0 bridgehead atoms. The normalized spacial score (nSPS) is 26.6. The second-order valence-electron chi connectivity index (χ2n) is 7.20. The number of fused-ring (bicyclic) bond motifs is 1. The molecule has 2 aromatic carbocycles. The van der Waals surface area contributed by atoms with Crippen molar-refractivity contribution in [3.05, 3.63) is 54.6 Å². The molecule has 0 saturated carbocycles. The lowest BCUT2D eigenvalue weighted by molar-refractivity contribution is -0.0390. The molecule has 3 atom stereocenters. The van der Waals surface area contributed by atoms with Gasteiger partial charge in [-0.05, 0) is 36.6 Å². The third-order valence-corrected chi connectivity index (χ3v) is 6.72. The lowest BCUT2D eigenvalue weighted by atomic mass is 10.1. The first-order chi connectivity index (χ1) is 12.5. The smallest absolute Gasteiger partial charge is 0.240 e. The Balaban J connectivity index is 1.45. The molecule has 0 aliphatic carbocycles. The Hall–Kier alpha value is -1.73. The van der Waals surface area contributed by atoms with Gasteiger partial charge < -0.3 is 4.74 Å². The summed E-state index contributed by atoms with van der Waals surface area (Å²) in [6.07, 6.45) is 1.01. The number of nitrogens with one attached hydrogen (secondary N) is 1. The topological polar surface area (TPSA) is 58.6 Å². The lowest BCUT2D eigenvalue weighted by Crippen LogP contribution is -2.45. The van der Waals surface area contributed by atoms with Crippen molar-refractivity contribution in [3.63, 3.8) is 0 Å². The average Bonchev–Trinajstić information content (AvgIpc) is 3.03. The van der Waals surface area contributed by atoms with Gasteiger partial charge in [0.25, 0.3) is 0 Å². The fourth-order valence-corrected chi connectivity index (χ4v) is 5.11. The maximum Gasteiger partial charge on any atom is 0.240 e. The van der Waals surface area contributed by atoms with E-state index in [0.29, 0.717) is 17.5 Å². The number of ether oxygens (including phenoxy) is 1. The Morgan fingerprint density at radius 3 is 2.42 bits per heavy atom. The number of rotatable bonds is 4. The van der Waals surface area contributed by atoms with Crippen LogP contribution in [0.15, 0.2) is 59.5 Å². The van der Waals surface area contributed by atoms with Gasteiger partial charge in [-0.15, -0.1) is 0 Å². The van der Waals surface area contributed by atoms with Crippen LogP contribution in [0.3, 0.4) is 0 Å². The van der Waals surface area contributed by atoms with Crippen molar-refractivity contribution in [2.45, 2.75) is 36.4 Å². The number of sulfonamides is 1. The molecule has 2 saturated heterocycles. The van der Waals surface area contributed by atoms with Crippen LogP contribution < -0.4 is 4.72 Å². The molecule has 0 spiro atoms. The molecule has 2 aliphatic rings. The predicted octanol–water partition coefficient (Wildman–Crippen LogP) is 2.49. The van der Waals surface area contributed by atoms with Crippen molar-refractivity contribution in [1.82, 2.24) is 9.62 Å². The molecule has 6 heteroatoms. The zero-order valence-electron chi connectivity index (χ0n) is 14.8. The van der Waals surface area contributed by atoms with Crippen LogP contribution in [0.25, 0.3) is 11.1 Å². The summed E-state index contributed by atoms with van der Waals surface area (Å²) in [5.74, 6) is 0. The summed E-state index contributed by atoms with van der Waals surface area (Å²) in [6, 6.07) is 17.3. The summed E-state index contributed by atoms with van der Waals surface area (Å²) in [6.45, 7) is 4.36. The maximum atomic E-state index is 12.7. The molecule has 2 heterocycles. The van der Waals surface area contributed by atoms with Crippen LogP contribution in [-0.2, 0) is 14.8 Å². The van der Waals surface area contributed by atoms with Crippen LogP contribution in [-0.4, -0.2) is 51.2 Å². The monoisotopic (exact) mass is 372 g/mol. The summed E-state index contributed by atoms with van der Waals surface area (Å²) in [4.78, 5) is 2.64. The molecule has 138 valence electrons. The van der Waals surface area contributed by atoms with Crippen molar-refractivity contribution in [1.29, 1.82) is 0 Å². The Labute approximate surface area is 155 Å². The minimum atomic E-state index is -3.52. The predicted molar refractivity (Wildman–Crippen MR) is 101 cm³/mol. The molecule has 0 amide bonds. The van der Waals surface area contributed by atoms with E-state index >= 15 is 0 Å². The molecule has 0 radical (unpaired) electrons. The van der Waals surface area contributed by atoms with Gasteiger partial charge in [-0.2, -0.15) is 0 Å². The van der Waals surface area contributed by atoms with Crippen molar-refractivity contribution in [2.75, 3.05) is 19.7 Å². The van der Waals surface area contributed by atoms with E-state index in [1.807, 2.05) is 42.5 Å². The van der Waals surface area contributed by atoms with E-state index in [2.05, 4.69) is 16.5 Å². The van der Waals surface area contributed by atoms with Crippen molar-refractivity contribution in [2.24, 2.45) is 0 Å². The molecule has 2 fully saturated rings. The third-order valence-electron chi connectivity index (χ3n) is 5.19. The van der Waals surface area contributed by atoms with E-state index in [1.165, 1.54) is 0 Å². The van der Waals surface area contributed by atoms with Crippen LogP contribution in [0, 0.1) is 0 Å². The molecule has 2 aliphatic heterocycles. The first-order valence-electron chi connectivity index (χ1n) is 9.05. The van der Waals surface area contributed by atoms with Gasteiger partial charge in [0.15, 0.2) is 0 Å². The summed E-state index contributed by atoms with van der Waals surface area (Å²) >= 11 is 0. The van der Waals surface area contributed by atoms with Gasteiger partial charge >= 0.3 is 0 Å². The molecule has 0 aromatic heterocycles. The van der Waals surface area contributed by atoms with Gasteiger partial charge in [-0.25, -0.2) is 13.1 Å². The number of hydrogen-bond donors (Lipinski definition) is 1. The van der Waals surface area contributed by atoms with Crippen molar-refractivity contribution < 1.29 is 13.2 Å². The highest BCUT2D eigenvalue weighted by Crippen LogP contribution is 2.25. The Morgan fingerprint density at radius 2 is 1.69 bits per heavy atom. The number of nitrogens with zero attached hydrogens (tertiary/aromatic N) is 1. The number of benzene rings is 2. The number of morpholine rings is 1. The average molecular weight is 372 g/mol. The molecule has 4 rings (SSSR count). The highest BCUT2D eigenvalue weighted by atomic mass is 32.2. The van der Waals surface area contributed by atoms with Gasteiger partial charge in [-0.3, -0.25) is 4.90 Å². The Morgan fingerprint density at radius 1 is 1.00 bits per heavy atom. The van der Waals surface area contributed by atoms with Gasteiger partial charge in [-0.1, -0.05) is 42.5 Å². The minimum absolute atomic E-state index is 0.0623. The van der Waals surface area contributed by atoms with Crippen LogP contribution in [0.1, 0.15) is 13.3 Å². The molecule has 2 aromatic rings. The van der Waals surface area contributed by atoms with Crippen LogP contribution in [0.4, 0.5) is 0 Å². The summed E-state index contributed by atoms with van der Waals surface area (Å²) < 4.78 is 34.1. The van der Waals surface area contributed by atoms with Gasteiger partial charge in [0, 0.05) is 25.2 Å². The molecule has 1 N–H and O–H groups in total. The van der Waals surface area contributed by atoms with E-state index in [9.17, 15) is 8.42 Å². The fourth-order valence-electron chi connectivity index (χ4n) is 3.87. The van der Waals surface area contributed by atoms with Crippen molar-refractivity contribution >= 4 is 10.0 Å². The first kappa shape index (κ1) is 17.7. The van der Waals surface area contributed by atoms with Gasteiger partial charge in [0.05, 0.1) is 17.6 Å². The summed E-state index contributed by atoms with van der Waals surface area (Å²) in [7, 11) is -3.52. The lowest BCUT2D eigenvalue weighted by Gasteiger charge is -2.33. The zero-order valence-corrected chi connectivity index (χ0v) is 15.7. The van der Waals surface area contributed by atoms with E-state index in [4.69, 9.17) is 4.74 Å². The van der Waals surface area contributed by atoms with Crippen molar-refractivity contribution in [3.8, 4) is 11.1 Å². The minimum Gasteiger partial charge on any atom is -0.376 e. The largest absolute Gasteiger partial charge is 0.376 e. The zero-order chi connectivity index (χ0) is 18.1. The highest BCUT2D eigenvalue weighted by Gasteiger charge is 2.37. The van der Waals surface area contributed by atoms with Crippen LogP contribution >= 0.6 is 0 Å². The van der Waals surface area contributed by atoms with Crippen LogP contribution in [0.5, 0.6) is 0 Å². The van der Waals surface area contributed by atoms with E-state index < -0.39 is 10.0 Å².